The Morgan fingerprint density at radius 2 is 1.78 bits per heavy atom. The lowest BCUT2D eigenvalue weighted by atomic mass is 9.85. The van der Waals surface area contributed by atoms with Crippen LogP contribution >= 0.6 is 0 Å². The number of nitriles is 1. The lowest BCUT2D eigenvalue weighted by Crippen LogP contribution is -2.16. The van der Waals surface area contributed by atoms with Crippen molar-refractivity contribution in [2.75, 3.05) is 5.73 Å². The van der Waals surface area contributed by atoms with Crippen molar-refractivity contribution in [1.29, 1.82) is 5.26 Å². The van der Waals surface area contributed by atoms with Gasteiger partial charge in [0.15, 0.2) is 0 Å². The van der Waals surface area contributed by atoms with Gasteiger partial charge < -0.3 is 5.73 Å². The molecule has 3 N–H and O–H groups in total. The lowest BCUT2D eigenvalue weighted by Gasteiger charge is -2.19. The first-order chi connectivity index (χ1) is 11.2. The van der Waals surface area contributed by atoms with Gasteiger partial charge in [-0.15, -0.1) is 0 Å². The molecule has 0 amide bonds. The number of carbonyl (C=O) groups is 1. The van der Waals surface area contributed by atoms with E-state index in [0.29, 0.717) is 11.7 Å². The van der Waals surface area contributed by atoms with Crippen LogP contribution in [-0.4, -0.2) is 16.0 Å². The predicted molar refractivity (Wildman–Crippen MR) is 90.6 cm³/mol. The summed E-state index contributed by atoms with van der Waals surface area (Å²) >= 11 is 0. The molecule has 0 atom stereocenters. The molecule has 0 saturated heterocycles. The van der Waals surface area contributed by atoms with Gasteiger partial charge in [-0.3, -0.25) is 9.89 Å². The largest absolute Gasteiger partial charge is 0.382 e. The molecule has 2 aliphatic rings. The average molecular weight is 316 g/mol. The van der Waals surface area contributed by atoms with E-state index in [1.165, 1.54) is 57.1 Å². The minimum atomic E-state index is 0.116. The third-order valence-corrected chi connectivity index (χ3v) is 4.98. The summed E-state index contributed by atoms with van der Waals surface area (Å²) in [5.41, 5.74) is 6.77. The van der Waals surface area contributed by atoms with Crippen LogP contribution < -0.4 is 5.73 Å². The molecule has 0 aliphatic heterocycles. The number of aromatic nitrogens is 2. The molecule has 2 aliphatic carbocycles. The van der Waals surface area contributed by atoms with Crippen molar-refractivity contribution in [2.45, 2.75) is 76.5 Å². The second kappa shape index (κ2) is 9.34. The van der Waals surface area contributed by atoms with Crippen LogP contribution in [0.25, 0.3) is 0 Å². The number of nitrogens with one attached hydrogen (secondary N) is 1. The van der Waals surface area contributed by atoms with E-state index in [2.05, 4.69) is 10.2 Å². The van der Waals surface area contributed by atoms with Crippen molar-refractivity contribution < 1.29 is 4.79 Å². The van der Waals surface area contributed by atoms with E-state index in [0.717, 1.165) is 12.8 Å². The second-order valence-electron chi connectivity index (χ2n) is 6.72. The Bertz CT molecular complexity index is 519. The molecule has 0 spiro atoms. The monoisotopic (exact) mass is 316 g/mol. The molecule has 0 aromatic carbocycles. The predicted octanol–water partition coefficient (Wildman–Crippen LogP) is 4.09. The Kier molecular flexibility index (Phi) is 7.12. The topological polar surface area (TPSA) is 95.6 Å². The summed E-state index contributed by atoms with van der Waals surface area (Å²) in [5.74, 6) is 1.68. The molecule has 0 bridgehead atoms. The average Bonchev–Trinajstić information content (AvgIpc) is 3.04. The molecule has 1 heterocycles. The van der Waals surface area contributed by atoms with Crippen molar-refractivity contribution in [3.63, 3.8) is 0 Å². The van der Waals surface area contributed by atoms with Gasteiger partial charge in [0.2, 0.25) is 0 Å². The highest BCUT2D eigenvalue weighted by atomic mass is 16.1. The summed E-state index contributed by atoms with van der Waals surface area (Å²) in [5, 5.41) is 15.2. The Morgan fingerprint density at radius 3 is 2.30 bits per heavy atom. The zero-order valence-electron chi connectivity index (χ0n) is 13.9. The zero-order chi connectivity index (χ0) is 16.5. The van der Waals surface area contributed by atoms with E-state index >= 15 is 0 Å². The fraction of sp³-hybridized carbons (Fsp3) is 0.722. The van der Waals surface area contributed by atoms with Crippen LogP contribution in [0.2, 0.25) is 0 Å². The Labute approximate surface area is 138 Å². The molecule has 3 rings (SSSR count). The molecule has 126 valence electrons. The minimum absolute atomic E-state index is 0.116. The van der Waals surface area contributed by atoms with E-state index in [1.807, 2.05) is 12.1 Å². The van der Waals surface area contributed by atoms with E-state index < -0.39 is 0 Å². The summed E-state index contributed by atoms with van der Waals surface area (Å²) in [7, 11) is 0. The SMILES string of the molecule is N#CCC(=O)C1CCCCC1.Nc1cc(C2CCCCC2)[nH]n1. The molecule has 1 aromatic heterocycles. The van der Waals surface area contributed by atoms with Crippen LogP contribution in [0.4, 0.5) is 5.82 Å². The smallest absolute Gasteiger partial charge is 0.149 e. The van der Waals surface area contributed by atoms with Gasteiger partial charge in [0.05, 0.1) is 12.5 Å². The molecule has 23 heavy (non-hydrogen) atoms. The number of rotatable bonds is 3. The number of aromatic amines is 1. The normalized spacial score (nSPS) is 19.4. The highest BCUT2D eigenvalue weighted by molar-refractivity contribution is 5.82. The van der Waals surface area contributed by atoms with Crippen LogP contribution in [0.15, 0.2) is 6.07 Å². The van der Waals surface area contributed by atoms with Crippen LogP contribution in [0.1, 0.15) is 82.2 Å². The molecule has 2 fully saturated rings. The Hall–Kier alpha value is -1.83. The number of nitrogens with two attached hydrogens (primary N) is 1. The number of nitrogens with zero attached hydrogens (tertiary/aromatic N) is 2. The fourth-order valence-electron chi connectivity index (χ4n) is 3.62. The number of H-pyrrole nitrogens is 1. The summed E-state index contributed by atoms with van der Waals surface area (Å²) in [4.78, 5) is 11.2. The zero-order valence-corrected chi connectivity index (χ0v) is 13.9. The molecule has 5 nitrogen and oxygen atoms in total. The highest BCUT2D eigenvalue weighted by Crippen LogP contribution is 2.31. The maximum Gasteiger partial charge on any atom is 0.149 e. The van der Waals surface area contributed by atoms with Gasteiger partial charge in [-0.05, 0) is 25.7 Å². The summed E-state index contributed by atoms with van der Waals surface area (Å²) in [6.45, 7) is 0. The van der Waals surface area contributed by atoms with Gasteiger partial charge in [-0.25, -0.2) is 0 Å². The standard InChI is InChI=1S/C9H15N3.C9H13NO/c10-9-6-8(11-12-9)7-4-2-1-3-5-7;10-7-6-9(11)8-4-2-1-3-5-8/h6-7H,1-5H2,(H3,10,11,12);8H,1-6H2. The van der Waals surface area contributed by atoms with Crippen molar-refractivity contribution in [3.05, 3.63) is 11.8 Å². The maximum atomic E-state index is 11.2. The Morgan fingerprint density at radius 1 is 1.17 bits per heavy atom. The van der Waals surface area contributed by atoms with E-state index in [-0.39, 0.29) is 18.1 Å². The van der Waals surface area contributed by atoms with Crippen LogP contribution in [0.3, 0.4) is 0 Å². The Balaban J connectivity index is 0.000000168. The molecule has 2 saturated carbocycles. The minimum Gasteiger partial charge on any atom is -0.382 e. The lowest BCUT2D eigenvalue weighted by molar-refractivity contribution is -0.122. The number of carbonyl (C=O) groups excluding carboxylic acids is 1. The van der Waals surface area contributed by atoms with Gasteiger partial charge in [0.25, 0.3) is 0 Å². The van der Waals surface area contributed by atoms with Gasteiger partial charge in [-0.1, -0.05) is 38.5 Å². The number of hydrogen-bond acceptors (Lipinski definition) is 4. The molecular formula is C18H28N4O. The van der Waals surface area contributed by atoms with Crippen LogP contribution in [0, 0.1) is 17.2 Å². The third-order valence-electron chi connectivity index (χ3n) is 4.98. The summed E-state index contributed by atoms with van der Waals surface area (Å²) < 4.78 is 0. The maximum absolute atomic E-state index is 11.2. The van der Waals surface area contributed by atoms with Gasteiger partial charge in [0.1, 0.15) is 11.6 Å². The molecule has 5 heteroatoms. The quantitative estimate of drug-likeness (QED) is 0.877. The number of nitrogen functional groups attached to an aromatic ring is 1. The van der Waals surface area contributed by atoms with E-state index in [1.54, 1.807) is 0 Å². The first kappa shape index (κ1) is 17.5. The van der Waals surface area contributed by atoms with Gasteiger partial charge in [0, 0.05) is 23.6 Å². The number of anilines is 1. The van der Waals surface area contributed by atoms with Gasteiger partial charge in [-0.2, -0.15) is 10.4 Å². The highest BCUT2D eigenvalue weighted by Gasteiger charge is 2.20. The van der Waals surface area contributed by atoms with Gasteiger partial charge >= 0.3 is 0 Å². The number of hydrogen-bond donors (Lipinski definition) is 2. The first-order valence-corrected chi connectivity index (χ1v) is 8.91. The third kappa shape index (κ3) is 5.70. The van der Waals surface area contributed by atoms with E-state index in [4.69, 9.17) is 11.0 Å². The van der Waals surface area contributed by atoms with Crippen molar-refractivity contribution >= 4 is 11.6 Å². The molecule has 0 unspecified atom stereocenters. The fourth-order valence-corrected chi connectivity index (χ4v) is 3.62. The van der Waals surface area contributed by atoms with Crippen LogP contribution in [-0.2, 0) is 4.79 Å². The van der Waals surface area contributed by atoms with Crippen LogP contribution in [0.5, 0.6) is 0 Å². The number of Topliss-reactive ketones (excluding diaryl/α,β-unsaturated/α-hetero) is 1. The van der Waals surface area contributed by atoms with Crippen molar-refractivity contribution in [3.8, 4) is 6.07 Å². The first-order valence-electron chi connectivity index (χ1n) is 8.91. The summed E-state index contributed by atoms with van der Waals surface area (Å²) in [6.07, 6.45) is 12.4. The number of ketones is 1. The van der Waals surface area contributed by atoms with E-state index in [9.17, 15) is 4.79 Å². The molecular weight excluding hydrogens is 288 g/mol. The summed E-state index contributed by atoms with van der Waals surface area (Å²) in [6, 6.07) is 3.88. The second-order valence-corrected chi connectivity index (χ2v) is 6.72. The molecule has 0 radical (unpaired) electrons. The van der Waals surface area contributed by atoms with Crippen molar-refractivity contribution in [2.24, 2.45) is 5.92 Å². The molecule has 1 aromatic rings. The van der Waals surface area contributed by atoms with Crippen molar-refractivity contribution in [1.82, 2.24) is 10.2 Å².